The number of anilines is 1. The minimum Gasteiger partial charge on any atom is -0.481 e. The topological polar surface area (TPSA) is 66.4 Å². The third-order valence-electron chi connectivity index (χ3n) is 2.89. The first-order valence-corrected chi connectivity index (χ1v) is 7.94. The highest BCUT2D eigenvalue weighted by Crippen LogP contribution is 2.28. The van der Waals surface area contributed by atoms with Gasteiger partial charge in [0.1, 0.15) is 0 Å². The molecule has 6 heteroatoms. The second-order valence-electron chi connectivity index (χ2n) is 4.62. The van der Waals surface area contributed by atoms with Gasteiger partial charge in [0.25, 0.3) is 5.91 Å². The van der Waals surface area contributed by atoms with E-state index in [4.69, 9.17) is 5.11 Å². The van der Waals surface area contributed by atoms with Gasteiger partial charge in [0.15, 0.2) is 0 Å². The third-order valence-corrected chi connectivity index (χ3v) is 5.03. The Hall–Kier alpha value is -1.66. The number of hydrogen-bond donors (Lipinski definition) is 2. The minimum atomic E-state index is -0.830. The number of carboxylic acid groups (broad SMARTS) is 1. The van der Waals surface area contributed by atoms with E-state index < -0.39 is 5.97 Å². The largest absolute Gasteiger partial charge is 0.481 e. The van der Waals surface area contributed by atoms with Gasteiger partial charge in [-0.25, -0.2) is 0 Å². The molecule has 1 amide bonds. The zero-order valence-electron chi connectivity index (χ0n) is 11.4. The zero-order valence-corrected chi connectivity index (χ0v) is 13.8. The zero-order chi connectivity index (χ0) is 15.4. The molecule has 2 N–H and O–H groups in total. The van der Waals surface area contributed by atoms with Gasteiger partial charge in [-0.15, -0.1) is 11.3 Å². The summed E-state index contributed by atoms with van der Waals surface area (Å²) in [7, 11) is 0. The van der Waals surface area contributed by atoms with Crippen LogP contribution in [0.4, 0.5) is 5.69 Å². The maximum atomic E-state index is 12.1. The quantitative estimate of drug-likeness (QED) is 0.836. The molecule has 0 radical (unpaired) electrons. The van der Waals surface area contributed by atoms with Crippen molar-refractivity contribution in [1.29, 1.82) is 0 Å². The summed E-state index contributed by atoms with van der Waals surface area (Å²) in [4.78, 5) is 23.4. The van der Waals surface area contributed by atoms with Crippen molar-refractivity contribution >= 4 is 44.8 Å². The molecule has 2 rings (SSSR count). The van der Waals surface area contributed by atoms with Crippen LogP contribution < -0.4 is 5.32 Å². The van der Waals surface area contributed by atoms with E-state index in [-0.39, 0.29) is 12.3 Å². The fourth-order valence-corrected chi connectivity index (χ4v) is 3.25. The standard InChI is InChI=1S/C15H14BrNO3S/c1-9-7-12(21-14(9)16)15(20)17-11-4-2-3-10(8-11)5-6-13(18)19/h2-4,7-8H,5-6H2,1H3,(H,17,20)(H,18,19). The smallest absolute Gasteiger partial charge is 0.303 e. The average Bonchev–Trinajstić information content (AvgIpc) is 2.77. The van der Waals surface area contributed by atoms with E-state index in [0.717, 1.165) is 14.9 Å². The molecule has 1 aromatic carbocycles. The van der Waals surface area contributed by atoms with Gasteiger partial charge in [0, 0.05) is 12.1 Å². The van der Waals surface area contributed by atoms with Gasteiger partial charge in [-0.1, -0.05) is 12.1 Å². The van der Waals surface area contributed by atoms with Crippen molar-refractivity contribution in [2.45, 2.75) is 19.8 Å². The number of halogens is 1. The number of aryl methyl sites for hydroxylation is 2. The molecule has 0 aliphatic rings. The molecule has 0 bridgehead atoms. The Labute approximate surface area is 134 Å². The Morgan fingerprint density at radius 3 is 2.71 bits per heavy atom. The minimum absolute atomic E-state index is 0.0778. The normalized spacial score (nSPS) is 10.4. The number of aliphatic carboxylic acids is 1. The number of rotatable bonds is 5. The number of amides is 1. The molecule has 0 aliphatic carbocycles. The van der Waals surface area contributed by atoms with Crippen molar-refractivity contribution in [3.8, 4) is 0 Å². The second kappa shape index (κ2) is 6.87. The Kier molecular flexibility index (Phi) is 5.14. The van der Waals surface area contributed by atoms with E-state index in [2.05, 4.69) is 21.2 Å². The van der Waals surface area contributed by atoms with Crippen molar-refractivity contribution in [2.24, 2.45) is 0 Å². The number of thiophene rings is 1. The lowest BCUT2D eigenvalue weighted by atomic mass is 10.1. The van der Waals surface area contributed by atoms with Crippen LogP contribution in [0.2, 0.25) is 0 Å². The van der Waals surface area contributed by atoms with Crippen molar-refractivity contribution in [2.75, 3.05) is 5.32 Å². The molecule has 1 heterocycles. The molecule has 1 aromatic heterocycles. The van der Waals surface area contributed by atoms with Crippen LogP contribution in [0.15, 0.2) is 34.1 Å². The number of carbonyl (C=O) groups is 2. The SMILES string of the molecule is Cc1cc(C(=O)Nc2cccc(CCC(=O)O)c2)sc1Br. The molecule has 0 spiro atoms. The Morgan fingerprint density at radius 2 is 2.10 bits per heavy atom. The molecule has 0 saturated carbocycles. The molecule has 110 valence electrons. The second-order valence-corrected chi connectivity index (χ2v) is 6.99. The van der Waals surface area contributed by atoms with Crippen molar-refractivity contribution in [3.05, 3.63) is 50.1 Å². The highest BCUT2D eigenvalue weighted by atomic mass is 79.9. The summed E-state index contributed by atoms with van der Waals surface area (Å²) in [5.74, 6) is -0.993. The van der Waals surface area contributed by atoms with Crippen LogP contribution in [0.1, 0.15) is 27.2 Å². The van der Waals surface area contributed by atoms with Crippen LogP contribution >= 0.6 is 27.3 Å². The lowest BCUT2D eigenvalue weighted by Gasteiger charge is -2.06. The highest BCUT2D eigenvalue weighted by Gasteiger charge is 2.11. The van der Waals surface area contributed by atoms with Gasteiger partial charge in [0.05, 0.1) is 8.66 Å². The molecule has 0 atom stereocenters. The highest BCUT2D eigenvalue weighted by molar-refractivity contribution is 9.11. The molecule has 2 aromatic rings. The molecule has 0 unspecified atom stereocenters. The third kappa shape index (κ3) is 4.41. The molecule has 0 fully saturated rings. The predicted octanol–water partition coefficient (Wildman–Crippen LogP) is 4.09. The van der Waals surface area contributed by atoms with Crippen LogP contribution in [0.25, 0.3) is 0 Å². The lowest BCUT2D eigenvalue weighted by Crippen LogP contribution is -2.10. The van der Waals surface area contributed by atoms with Crippen LogP contribution in [0.3, 0.4) is 0 Å². The van der Waals surface area contributed by atoms with Gasteiger partial charge in [0.2, 0.25) is 0 Å². The van der Waals surface area contributed by atoms with Crippen LogP contribution in [0, 0.1) is 6.92 Å². The van der Waals surface area contributed by atoms with E-state index in [9.17, 15) is 9.59 Å². The number of hydrogen-bond acceptors (Lipinski definition) is 3. The van der Waals surface area contributed by atoms with Crippen LogP contribution in [-0.4, -0.2) is 17.0 Å². The molecule has 0 saturated heterocycles. The molecule has 4 nitrogen and oxygen atoms in total. The summed E-state index contributed by atoms with van der Waals surface area (Å²) >= 11 is 4.79. The number of carbonyl (C=O) groups excluding carboxylic acids is 1. The summed E-state index contributed by atoms with van der Waals surface area (Å²) in [5.41, 5.74) is 2.59. The van der Waals surface area contributed by atoms with Gasteiger partial charge in [-0.05, 0) is 58.6 Å². The van der Waals surface area contributed by atoms with Crippen LogP contribution in [0.5, 0.6) is 0 Å². The fraction of sp³-hybridized carbons (Fsp3) is 0.200. The summed E-state index contributed by atoms with van der Waals surface area (Å²) in [5, 5.41) is 11.5. The van der Waals surface area contributed by atoms with Crippen molar-refractivity contribution in [1.82, 2.24) is 0 Å². The fourth-order valence-electron chi connectivity index (χ4n) is 1.82. The first-order chi connectivity index (χ1) is 9.95. The maximum absolute atomic E-state index is 12.1. The van der Waals surface area contributed by atoms with E-state index >= 15 is 0 Å². The molecular formula is C15H14BrNO3S. The first-order valence-electron chi connectivity index (χ1n) is 6.33. The predicted molar refractivity (Wildman–Crippen MR) is 87.1 cm³/mol. The summed E-state index contributed by atoms with van der Waals surface area (Å²) < 4.78 is 0.947. The van der Waals surface area contributed by atoms with Gasteiger partial charge in [-0.3, -0.25) is 9.59 Å². The molecule has 21 heavy (non-hydrogen) atoms. The van der Waals surface area contributed by atoms with Gasteiger partial charge >= 0.3 is 5.97 Å². The Bertz CT molecular complexity index is 662. The van der Waals surface area contributed by atoms with E-state index in [1.54, 1.807) is 12.1 Å². The first kappa shape index (κ1) is 15.7. The summed E-state index contributed by atoms with van der Waals surface area (Å²) in [6, 6.07) is 9.08. The number of benzene rings is 1. The van der Waals surface area contributed by atoms with E-state index in [0.29, 0.717) is 17.0 Å². The Balaban J connectivity index is 2.07. The van der Waals surface area contributed by atoms with Crippen LogP contribution in [-0.2, 0) is 11.2 Å². The average molecular weight is 368 g/mol. The number of nitrogens with one attached hydrogen (secondary N) is 1. The van der Waals surface area contributed by atoms with Gasteiger partial charge in [-0.2, -0.15) is 0 Å². The number of carboxylic acids is 1. The van der Waals surface area contributed by atoms with Crippen molar-refractivity contribution < 1.29 is 14.7 Å². The van der Waals surface area contributed by atoms with Gasteiger partial charge < -0.3 is 10.4 Å². The van der Waals surface area contributed by atoms with E-state index in [1.165, 1.54) is 11.3 Å². The van der Waals surface area contributed by atoms with Crippen molar-refractivity contribution in [3.63, 3.8) is 0 Å². The monoisotopic (exact) mass is 367 g/mol. The molecule has 0 aliphatic heterocycles. The lowest BCUT2D eigenvalue weighted by molar-refractivity contribution is -0.136. The Morgan fingerprint density at radius 1 is 1.33 bits per heavy atom. The summed E-state index contributed by atoms with van der Waals surface area (Å²) in [6.45, 7) is 1.93. The van der Waals surface area contributed by atoms with E-state index in [1.807, 2.05) is 25.1 Å². The summed E-state index contributed by atoms with van der Waals surface area (Å²) in [6.07, 6.45) is 0.525. The maximum Gasteiger partial charge on any atom is 0.303 e. The molecular weight excluding hydrogens is 354 g/mol.